The van der Waals surface area contributed by atoms with Crippen molar-refractivity contribution >= 4 is 27.8 Å². The van der Waals surface area contributed by atoms with Gasteiger partial charge >= 0.3 is 5.97 Å². The number of hydrogen-bond donors (Lipinski definition) is 1. The number of piperidine rings is 1. The fourth-order valence-electron chi connectivity index (χ4n) is 7.67. The molecular weight excluding hydrogens is 470 g/mol. The van der Waals surface area contributed by atoms with E-state index in [0.29, 0.717) is 11.5 Å². The molecule has 7 rings (SSSR count). The van der Waals surface area contributed by atoms with Crippen LogP contribution in [0.2, 0.25) is 0 Å². The highest BCUT2D eigenvalue weighted by atomic mass is 16.4. The van der Waals surface area contributed by atoms with Gasteiger partial charge in [-0.2, -0.15) is 0 Å². The summed E-state index contributed by atoms with van der Waals surface area (Å²) < 4.78 is 5.04. The lowest BCUT2D eigenvalue weighted by Crippen LogP contribution is -2.28. The highest BCUT2D eigenvalue weighted by Crippen LogP contribution is 2.46. The first-order valence-corrected chi connectivity index (χ1v) is 14.9. The molecule has 38 heavy (non-hydrogen) atoms. The fourth-order valence-corrected chi connectivity index (χ4v) is 7.67. The van der Waals surface area contributed by atoms with E-state index in [0.717, 1.165) is 38.0 Å². The van der Waals surface area contributed by atoms with Crippen LogP contribution in [0.15, 0.2) is 42.6 Å². The Hall–Kier alpha value is -3.05. The summed E-state index contributed by atoms with van der Waals surface area (Å²) in [5.74, 6) is -0.312. The van der Waals surface area contributed by atoms with Crippen LogP contribution in [-0.4, -0.2) is 38.2 Å². The van der Waals surface area contributed by atoms with Crippen LogP contribution in [0.5, 0.6) is 0 Å². The van der Waals surface area contributed by atoms with Crippen LogP contribution in [0.3, 0.4) is 0 Å². The molecule has 2 aromatic heterocycles. The minimum absolute atomic E-state index is 0.387. The first kappa shape index (κ1) is 24.0. The zero-order valence-corrected chi connectivity index (χ0v) is 22.4. The van der Waals surface area contributed by atoms with Gasteiger partial charge in [-0.15, -0.1) is 0 Å². The Kier molecular flexibility index (Phi) is 6.27. The van der Waals surface area contributed by atoms with Gasteiger partial charge in [0.2, 0.25) is 0 Å². The summed E-state index contributed by atoms with van der Waals surface area (Å²) in [5, 5.41) is 12.5. The second-order valence-corrected chi connectivity index (χ2v) is 11.9. The van der Waals surface area contributed by atoms with E-state index in [9.17, 15) is 9.90 Å². The molecule has 2 aliphatic heterocycles. The van der Waals surface area contributed by atoms with Crippen molar-refractivity contribution in [1.82, 2.24) is 14.0 Å². The highest BCUT2D eigenvalue weighted by molar-refractivity contribution is 6.03. The molecule has 0 spiro atoms. The topological polar surface area (TPSA) is 50.4 Å². The minimum atomic E-state index is -0.844. The number of fused-ring (bicyclic) bond motifs is 4. The number of nitrogens with zero attached hydrogens (tertiary/aromatic N) is 3. The summed E-state index contributed by atoms with van der Waals surface area (Å²) >= 11 is 0. The van der Waals surface area contributed by atoms with Gasteiger partial charge in [0.25, 0.3) is 0 Å². The first-order chi connectivity index (χ1) is 18.7. The molecule has 0 bridgehead atoms. The van der Waals surface area contributed by atoms with Crippen molar-refractivity contribution in [2.24, 2.45) is 0 Å². The number of aromatic carboxylic acids is 1. The van der Waals surface area contributed by atoms with Gasteiger partial charge in [0, 0.05) is 47.7 Å². The maximum atomic E-state index is 12.0. The Morgan fingerprint density at radius 2 is 1.61 bits per heavy atom. The molecule has 0 amide bonds. The van der Waals surface area contributed by atoms with Crippen LogP contribution < -0.4 is 0 Å². The lowest BCUT2D eigenvalue weighted by Gasteiger charge is -2.26. The molecule has 0 radical (unpaired) electrons. The predicted octanol–water partition coefficient (Wildman–Crippen LogP) is 7.79. The van der Waals surface area contributed by atoms with Crippen molar-refractivity contribution in [3.63, 3.8) is 0 Å². The SMILES string of the molecule is O=C(O)c1ccc2c(C3CCCCC3)c3n(c2c1)CCCCn1cc(CN2CCCCC2)c2cccc-3c21. The number of rotatable bonds is 4. The predicted molar refractivity (Wildman–Crippen MR) is 154 cm³/mol. The first-order valence-electron chi connectivity index (χ1n) is 14.9. The van der Waals surface area contributed by atoms with Gasteiger partial charge in [0.05, 0.1) is 16.8 Å². The summed E-state index contributed by atoms with van der Waals surface area (Å²) in [4.78, 5) is 14.6. The van der Waals surface area contributed by atoms with Crippen molar-refractivity contribution in [3.05, 3.63) is 59.3 Å². The van der Waals surface area contributed by atoms with Crippen LogP contribution in [0, 0.1) is 0 Å². The van der Waals surface area contributed by atoms with Crippen LogP contribution in [0.4, 0.5) is 0 Å². The van der Waals surface area contributed by atoms with Gasteiger partial charge in [-0.05, 0) is 80.8 Å². The molecule has 2 aromatic carbocycles. The summed E-state index contributed by atoms with van der Waals surface area (Å²) in [6.45, 7) is 5.42. The summed E-state index contributed by atoms with van der Waals surface area (Å²) in [7, 11) is 0. The summed E-state index contributed by atoms with van der Waals surface area (Å²) in [6, 6.07) is 12.8. The lowest BCUT2D eigenvalue weighted by molar-refractivity contribution is 0.0697. The molecule has 4 aromatic rings. The van der Waals surface area contributed by atoms with E-state index in [1.807, 2.05) is 12.1 Å². The number of carboxylic acids is 1. The summed E-state index contributed by atoms with van der Waals surface area (Å²) in [5.41, 5.74) is 8.48. The molecular formula is C33H39N3O2. The molecule has 5 nitrogen and oxygen atoms in total. The largest absolute Gasteiger partial charge is 0.478 e. The average Bonchev–Trinajstić information content (AvgIpc) is 3.48. The minimum Gasteiger partial charge on any atom is -0.478 e. The van der Waals surface area contributed by atoms with E-state index in [-0.39, 0.29) is 0 Å². The molecule has 4 heterocycles. The molecule has 5 heteroatoms. The molecule has 1 N–H and O–H groups in total. The monoisotopic (exact) mass is 509 g/mol. The molecule has 2 fully saturated rings. The zero-order chi connectivity index (χ0) is 25.6. The van der Waals surface area contributed by atoms with Crippen molar-refractivity contribution in [2.45, 2.75) is 89.8 Å². The Labute approximate surface area is 225 Å². The van der Waals surface area contributed by atoms with E-state index >= 15 is 0 Å². The normalized spacial score (nSPS) is 19.3. The number of benzene rings is 2. The zero-order valence-electron chi connectivity index (χ0n) is 22.4. The number of carboxylic acid groups (broad SMARTS) is 1. The van der Waals surface area contributed by atoms with E-state index in [4.69, 9.17) is 0 Å². The van der Waals surface area contributed by atoms with Gasteiger partial charge in [0.15, 0.2) is 0 Å². The Morgan fingerprint density at radius 3 is 2.42 bits per heavy atom. The van der Waals surface area contributed by atoms with Crippen LogP contribution in [-0.2, 0) is 19.6 Å². The Balaban J connectivity index is 1.48. The van der Waals surface area contributed by atoms with E-state index in [2.05, 4.69) is 44.5 Å². The van der Waals surface area contributed by atoms with Gasteiger partial charge < -0.3 is 14.2 Å². The third-order valence-corrected chi connectivity index (χ3v) is 9.47. The van der Waals surface area contributed by atoms with E-state index in [1.165, 1.54) is 103 Å². The maximum absolute atomic E-state index is 12.0. The van der Waals surface area contributed by atoms with Crippen molar-refractivity contribution in [2.75, 3.05) is 13.1 Å². The number of hydrogen-bond acceptors (Lipinski definition) is 2. The number of carbonyl (C=O) groups is 1. The molecule has 198 valence electrons. The second kappa shape index (κ2) is 9.92. The third kappa shape index (κ3) is 4.07. The molecule has 3 aliphatic rings. The lowest BCUT2D eigenvalue weighted by atomic mass is 9.81. The second-order valence-electron chi connectivity index (χ2n) is 11.9. The molecule has 0 atom stereocenters. The molecule has 1 saturated carbocycles. The number of aromatic nitrogens is 2. The smallest absolute Gasteiger partial charge is 0.335 e. The molecule has 1 aliphatic carbocycles. The Morgan fingerprint density at radius 1 is 0.842 bits per heavy atom. The number of para-hydroxylation sites is 1. The van der Waals surface area contributed by atoms with Crippen LogP contribution >= 0.6 is 0 Å². The number of likely N-dealkylation sites (tertiary alicyclic amines) is 1. The van der Waals surface area contributed by atoms with Crippen LogP contribution in [0.1, 0.15) is 91.6 Å². The highest BCUT2D eigenvalue weighted by Gasteiger charge is 2.29. The fraction of sp³-hybridized carbons (Fsp3) is 0.485. The average molecular weight is 510 g/mol. The van der Waals surface area contributed by atoms with Gasteiger partial charge in [-0.3, -0.25) is 4.90 Å². The standard InChI is InChI=1S/C33H39N3O2/c37-33(38)24-14-15-27-29(20-24)36-19-8-7-18-35-22-25(21-34-16-5-2-6-17-34)26-12-9-13-28(31(26)35)32(36)30(27)23-10-3-1-4-11-23/h9,12-15,20,22-23H,1-8,10-11,16-19,21H2,(H,37,38). The maximum Gasteiger partial charge on any atom is 0.335 e. The van der Waals surface area contributed by atoms with Gasteiger partial charge in [-0.1, -0.05) is 49.9 Å². The van der Waals surface area contributed by atoms with Crippen molar-refractivity contribution < 1.29 is 9.90 Å². The molecule has 0 unspecified atom stereocenters. The Bertz CT molecular complexity index is 1500. The van der Waals surface area contributed by atoms with E-state index < -0.39 is 5.97 Å². The van der Waals surface area contributed by atoms with Crippen molar-refractivity contribution in [3.8, 4) is 11.3 Å². The van der Waals surface area contributed by atoms with E-state index in [1.54, 1.807) is 0 Å². The summed E-state index contributed by atoms with van der Waals surface area (Å²) in [6.07, 6.45) is 15.0. The van der Waals surface area contributed by atoms with Crippen molar-refractivity contribution in [1.29, 1.82) is 0 Å². The van der Waals surface area contributed by atoms with Crippen LogP contribution in [0.25, 0.3) is 33.1 Å². The quantitative estimate of drug-likeness (QED) is 0.305. The van der Waals surface area contributed by atoms with Gasteiger partial charge in [0.1, 0.15) is 0 Å². The molecule has 1 saturated heterocycles. The third-order valence-electron chi connectivity index (χ3n) is 9.47. The van der Waals surface area contributed by atoms with Gasteiger partial charge in [-0.25, -0.2) is 4.79 Å². The number of aryl methyl sites for hydroxylation is 2.